The quantitative estimate of drug-likeness (QED) is 0.382. The number of nitrogens with one attached hydrogen (secondary N) is 1. The molecule has 0 aliphatic carbocycles. The van der Waals surface area contributed by atoms with Gasteiger partial charge in [0.1, 0.15) is 5.82 Å². The number of likely N-dealkylation sites (tertiary alicyclic amines) is 1. The molecule has 158 valence electrons. The summed E-state index contributed by atoms with van der Waals surface area (Å²) in [6.07, 6.45) is 3.09. The number of carbonyl (C=O) groups excluding carboxylic acids is 1. The van der Waals surface area contributed by atoms with Gasteiger partial charge < -0.3 is 9.88 Å². The smallest absolute Gasteiger partial charge is 0.223 e. The van der Waals surface area contributed by atoms with Crippen LogP contribution in [0.4, 0.5) is 0 Å². The number of aromatic amines is 1. The van der Waals surface area contributed by atoms with Crippen molar-refractivity contribution in [1.29, 1.82) is 0 Å². The molecule has 2 aromatic heterocycles. The van der Waals surface area contributed by atoms with Gasteiger partial charge in [0.15, 0.2) is 0 Å². The highest BCUT2D eigenvalue weighted by atomic mass is 79.9. The molecular formula is C24H23BrN4OS. The lowest BCUT2D eigenvalue weighted by Gasteiger charge is -2.31. The van der Waals surface area contributed by atoms with Crippen molar-refractivity contribution in [2.45, 2.75) is 31.6 Å². The second kappa shape index (κ2) is 8.93. The number of rotatable bonds is 5. The fourth-order valence-electron chi connectivity index (χ4n) is 4.14. The van der Waals surface area contributed by atoms with E-state index in [1.54, 1.807) is 11.3 Å². The molecule has 5 rings (SSSR count). The average molecular weight is 495 g/mol. The first kappa shape index (κ1) is 20.4. The number of halogens is 1. The van der Waals surface area contributed by atoms with Crippen LogP contribution >= 0.6 is 27.3 Å². The zero-order valence-electron chi connectivity index (χ0n) is 17.1. The van der Waals surface area contributed by atoms with Crippen LogP contribution < -0.4 is 0 Å². The van der Waals surface area contributed by atoms with Crippen LogP contribution in [-0.2, 0) is 11.2 Å². The summed E-state index contributed by atoms with van der Waals surface area (Å²) >= 11 is 5.27. The van der Waals surface area contributed by atoms with E-state index in [4.69, 9.17) is 4.98 Å². The molecule has 1 amide bonds. The van der Waals surface area contributed by atoms with E-state index in [0.717, 1.165) is 58.5 Å². The third-order valence-corrected chi connectivity index (χ3v) is 7.35. The van der Waals surface area contributed by atoms with Crippen molar-refractivity contribution in [3.8, 4) is 11.3 Å². The minimum atomic E-state index is 0.216. The summed E-state index contributed by atoms with van der Waals surface area (Å²) in [6.45, 7) is 1.60. The van der Waals surface area contributed by atoms with Gasteiger partial charge in [-0.25, -0.2) is 9.97 Å². The van der Waals surface area contributed by atoms with Gasteiger partial charge in [0.25, 0.3) is 0 Å². The van der Waals surface area contributed by atoms with E-state index in [1.165, 1.54) is 5.01 Å². The standard InChI is InChI=1S/C24H23BrN4OS/c25-18-5-3-4-17(14-18)21-15-31-24(28-21)16-10-12-29(13-11-16)23(30)9-8-22-26-19-6-1-2-7-20(19)27-22/h1-7,14-16H,8-13H2,(H,26,27). The molecule has 31 heavy (non-hydrogen) atoms. The van der Waals surface area contributed by atoms with Crippen LogP contribution in [0.5, 0.6) is 0 Å². The van der Waals surface area contributed by atoms with E-state index in [9.17, 15) is 4.79 Å². The summed E-state index contributed by atoms with van der Waals surface area (Å²) in [5, 5.41) is 3.33. The third-order valence-electron chi connectivity index (χ3n) is 5.85. The van der Waals surface area contributed by atoms with Crippen LogP contribution in [0.2, 0.25) is 0 Å². The number of piperidine rings is 1. The highest BCUT2D eigenvalue weighted by molar-refractivity contribution is 9.10. The van der Waals surface area contributed by atoms with Gasteiger partial charge in [-0.3, -0.25) is 4.79 Å². The highest BCUT2D eigenvalue weighted by Gasteiger charge is 2.25. The fourth-order valence-corrected chi connectivity index (χ4v) is 5.54. The maximum atomic E-state index is 12.7. The Hall–Kier alpha value is -2.51. The number of hydrogen-bond acceptors (Lipinski definition) is 4. The van der Waals surface area contributed by atoms with Crippen molar-refractivity contribution >= 4 is 44.2 Å². The van der Waals surface area contributed by atoms with Crippen molar-refractivity contribution in [2.24, 2.45) is 0 Å². The van der Waals surface area contributed by atoms with E-state index in [2.05, 4.69) is 43.4 Å². The molecule has 0 spiro atoms. The van der Waals surface area contributed by atoms with E-state index < -0.39 is 0 Å². The topological polar surface area (TPSA) is 61.9 Å². The Morgan fingerprint density at radius 1 is 1.13 bits per heavy atom. The average Bonchev–Trinajstić information content (AvgIpc) is 3.45. The van der Waals surface area contributed by atoms with Crippen molar-refractivity contribution in [3.05, 3.63) is 69.2 Å². The number of imidazole rings is 1. The summed E-state index contributed by atoms with van der Waals surface area (Å²) in [6, 6.07) is 16.2. The van der Waals surface area contributed by atoms with E-state index in [-0.39, 0.29) is 5.91 Å². The second-order valence-electron chi connectivity index (χ2n) is 7.94. The van der Waals surface area contributed by atoms with Gasteiger partial charge in [0.05, 0.1) is 21.7 Å². The number of H-pyrrole nitrogens is 1. The molecule has 1 N–H and O–H groups in total. The number of carbonyl (C=O) groups is 1. The number of benzene rings is 2. The first-order valence-electron chi connectivity index (χ1n) is 10.6. The molecule has 5 nitrogen and oxygen atoms in total. The minimum absolute atomic E-state index is 0.216. The highest BCUT2D eigenvalue weighted by Crippen LogP contribution is 2.33. The summed E-state index contributed by atoms with van der Waals surface area (Å²) in [4.78, 5) is 27.5. The number of fused-ring (bicyclic) bond motifs is 1. The molecule has 0 unspecified atom stereocenters. The Bertz CT molecular complexity index is 1180. The van der Waals surface area contributed by atoms with Gasteiger partial charge in [-0.2, -0.15) is 0 Å². The van der Waals surface area contributed by atoms with Crippen LogP contribution in [0.15, 0.2) is 58.4 Å². The van der Waals surface area contributed by atoms with E-state index >= 15 is 0 Å². The third kappa shape index (κ3) is 4.57. The Morgan fingerprint density at radius 3 is 2.77 bits per heavy atom. The number of para-hydroxylation sites is 2. The Balaban J connectivity index is 1.15. The van der Waals surface area contributed by atoms with Crippen LogP contribution in [-0.4, -0.2) is 38.8 Å². The fraction of sp³-hybridized carbons (Fsp3) is 0.292. The molecule has 4 aromatic rings. The summed E-state index contributed by atoms with van der Waals surface area (Å²) in [7, 11) is 0. The molecule has 0 atom stereocenters. The molecule has 3 heterocycles. The van der Waals surface area contributed by atoms with Crippen LogP contribution in [0, 0.1) is 0 Å². The van der Waals surface area contributed by atoms with Crippen LogP contribution in [0.3, 0.4) is 0 Å². The first-order valence-corrected chi connectivity index (χ1v) is 12.3. The SMILES string of the molecule is O=C(CCc1nc2ccccc2[nH]1)N1CCC(c2nc(-c3cccc(Br)c3)cs2)CC1. The first-order chi connectivity index (χ1) is 15.2. The molecule has 0 radical (unpaired) electrons. The summed E-state index contributed by atoms with van der Waals surface area (Å²) < 4.78 is 1.06. The van der Waals surface area contributed by atoms with Crippen LogP contribution in [0.1, 0.15) is 36.0 Å². The molecular weight excluding hydrogens is 472 g/mol. The van der Waals surface area contributed by atoms with Crippen molar-refractivity contribution in [1.82, 2.24) is 19.9 Å². The number of thiazole rings is 1. The Morgan fingerprint density at radius 2 is 1.97 bits per heavy atom. The number of amides is 1. The molecule has 7 heteroatoms. The van der Waals surface area contributed by atoms with Crippen LogP contribution in [0.25, 0.3) is 22.3 Å². The molecule has 1 fully saturated rings. The molecule has 1 aliphatic heterocycles. The predicted molar refractivity (Wildman–Crippen MR) is 128 cm³/mol. The second-order valence-corrected chi connectivity index (χ2v) is 9.74. The van der Waals surface area contributed by atoms with Crippen molar-refractivity contribution < 1.29 is 4.79 Å². The number of aryl methyl sites for hydroxylation is 1. The largest absolute Gasteiger partial charge is 0.343 e. The summed E-state index contributed by atoms with van der Waals surface area (Å²) in [5.41, 5.74) is 4.15. The van der Waals surface area contributed by atoms with E-state index in [1.807, 2.05) is 41.3 Å². The van der Waals surface area contributed by atoms with E-state index in [0.29, 0.717) is 18.8 Å². The van der Waals surface area contributed by atoms with Gasteiger partial charge in [-0.05, 0) is 37.1 Å². The molecule has 0 bridgehead atoms. The minimum Gasteiger partial charge on any atom is -0.343 e. The van der Waals surface area contributed by atoms with Crippen molar-refractivity contribution in [2.75, 3.05) is 13.1 Å². The zero-order valence-corrected chi connectivity index (χ0v) is 19.5. The van der Waals surface area contributed by atoms with Gasteiger partial charge in [0, 0.05) is 47.3 Å². The molecule has 0 saturated carbocycles. The maximum absolute atomic E-state index is 12.7. The Kier molecular flexibility index (Phi) is 5.87. The predicted octanol–water partition coefficient (Wildman–Crippen LogP) is 5.79. The van der Waals surface area contributed by atoms with Gasteiger partial charge in [-0.1, -0.05) is 40.2 Å². The van der Waals surface area contributed by atoms with Gasteiger partial charge in [-0.15, -0.1) is 11.3 Å². The molecule has 2 aromatic carbocycles. The Labute approximate surface area is 193 Å². The maximum Gasteiger partial charge on any atom is 0.223 e. The normalized spacial score (nSPS) is 14.9. The lowest BCUT2D eigenvalue weighted by Crippen LogP contribution is -2.38. The lowest BCUT2D eigenvalue weighted by molar-refractivity contribution is -0.132. The lowest BCUT2D eigenvalue weighted by atomic mass is 9.97. The number of nitrogens with zero attached hydrogens (tertiary/aromatic N) is 3. The summed E-state index contributed by atoms with van der Waals surface area (Å²) in [5.74, 6) is 1.53. The monoisotopic (exact) mass is 494 g/mol. The van der Waals surface area contributed by atoms with Crippen molar-refractivity contribution in [3.63, 3.8) is 0 Å². The molecule has 1 saturated heterocycles. The van der Waals surface area contributed by atoms with Gasteiger partial charge >= 0.3 is 0 Å². The van der Waals surface area contributed by atoms with Gasteiger partial charge in [0.2, 0.25) is 5.91 Å². The molecule has 1 aliphatic rings. The number of aromatic nitrogens is 3. The number of hydrogen-bond donors (Lipinski definition) is 1. The zero-order chi connectivity index (χ0) is 21.2.